The van der Waals surface area contributed by atoms with Gasteiger partial charge in [-0.3, -0.25) is 9.59 Å². The van der Waals surface area contributed by atoms with Crippen molar-refractivity contribution in [3.63, 3.8) is 0 Å². The first-order valence-corrected chi connectivity index (χ1v) is 7.00. The molecule has 120 valence electrons. The van der Waals surface area contributed by atoms with Gasteiger partial charge in [-0.2, -0.15) is 0 Å². The molecule has 2 amide bonds. The van der Waals surface area contributed by atoms with Crippen LogP contribution in [0.4, 0.5) is 0 Å². The maximum Gasteiger partial charge on any atom is 0.246 e. The number of rotatable bonds is 10. The average Bonchev–Trinajstić information content (AvgIpc) is 2.51. The number of ether oxygens (including phenoxy) is 2. The number of carbonyl (C=O) groups is 2. The van der Waals surface area contributed by atoms with Crippen molar-refractivity contribution in [1.29, 1.82) is 0 Å². The lowest BCUT2D eigenvalue weighted by atomic mass is 10.1. The lowest BCUT2D eigenvalue weighted by Gasteiger charge is -2.13. The normalized spacial score (nSPS) is 12.2. The van der Waals surface area contributed by atoms with Gasteiger partial charge in [-0.25, -0.2) is 0 Å². The second kappa shape index (κ2) is 10.5. The third kappa shape index (κ3) is 7.56. The molecular formula is C16H22N2O4. The summed E-state index contributed by atoms with van der Waals surface area (Å²) in [5.41, 5.74) is 6.31. The summed E-state index contributed by atoms with van der Waals surface area (Å²) in [5.74, 6) is -0.962. The lowest BCUT2D eigenvalue weighted by Crippen LogP contribution is -2.45. The molecule has 0 spiro atoms. The maximum absolute atomic E-state index is 11.6. The van der Waals surface area contributed by atoms with Gasteiger partial charge >= 0.3 is 0 Å². The summed E-state index contributed by atoms with van der Waals surface area (Å²) in [6, 6.07) is 8.90. The van der Waals surface area contributed by atoms with Crippen molar-refractivity contribution in [2.45, 2.75) is 12.5 Å². The van der Waals surface area contributed by atoms with Gasteiger partial charge in [0.1, 0.15) is 12.6 Å². The summed E-state index contributed by atoms with van der Waals surface area (Å²) in [7, 11) is 1.55. The second-order valence-electron chi connectivity index (χ2n) is 4.62. The molecule has 1 atom stereocenters. The van der Waals surface area contributed by atoms with Crippen molar-refractivity contribution in [3.05, 3.63) is 42.0 Å². The molecule has 0 aliphatic carbocycles. The maximum atomic E-state index is 11.6. The molecular weight excluding hydrogens is 284 g/mol. The van der Waals surface area contributed by atoms with Gasteiger partial charge in [-0.05, 0) is 12.0 Å². The predicted octanol–water partition coefficient (Wildman–Crippen LogP) is 0.723. The Balaban J connectivity index is 2.40. The Morgan fingerprint density at radius 2 is 2.00 bits per heavy atom. The van der Waals surface area contributed by atoms with Gasteiger partial charge in [-0.1, -0.05) is 42.5 Å². The molecule has 1 rings (SSSR count). The molecule has 0 saturated heterocycles. The number of carbonyl (C=O) groups excluding carboxylic acids is 2. The molecule has 0 heterocycles. The zero-order chi connectivity index (χ0) is 16.2. The number of hydrogen-bond acceptors (Lipinski definition) is 4. The number of amides is 2. The molecule has 0 unspecified atom stereocenters. The Hall–Kier alpha value is -2.18. The molecule has 1 aromatic carbocycles. The largest absolute Gasteiger partial charge is 0.382 e. The predicted molar refractivity (Wildman–Crippen MR) is 83.9 cm³/mol. The molecule has 0 fully saturated rings. The van der Waals surface area contributed by atoms with E-state index in [-0.39, 0.29) is 12.5 Å². The third-order valence-corrected chi connectivity index (χ3v) is 2.83. The fourth-order valence-electron chi connectivity index (χ4n) is 1.69. The van der Waals surface area contributed by atoms with Crippen LogP contribution in [0, 0.1) is 0 Å². The van der Waals surface area contributed by atoms with E-state index >= 15 is 0 Å². The van der Waals surface area contributed by atoms with Gasteiger partial charge < -0.3 is 20.5 Å². The third-order valence-electron chi connectivity index (χ3n) is 2.83. The molecule has 1 aromatic rings. The van der Waals surface area contributed by atoms with E-state index in [2.05, 4.69) is 5.32 Å². The molecule has 0 aromatic heterocycles. The van der Waals surface area contributed by atoms with E-state index in [1.807, 2.05) is 36.4 Å². The lowest BCUT2D eigenvalue weighted by molar-refractivity contribution is -0.130. The smallest absolute Gasteiger partial charge is 0.246 e. The van der Waals surface area contributed by atoms with Crippen LogP contribution in [0.15, 0.2) is 36.4 Å². The van der Waals surface area contributed by atoms with E-state index < -0.39 is 11.9 Å². The zero-order valence-corrected chi connectivity index (χ0v) is 12.7. The first kappa shape index (κ1) is 17.9. The number of primary amides is 1. The molecule has 0 aliphatic rings. The van der Waals surface area contributed by atoms with Gasteiger partial charge in [0.05, 0.1) is 13.2 Å². The van der Waals surface area contributed by atoms with E-state index in [1.165, 1.54) is 0 Å². The minimum absolute atomic E-state index is 0.129. The van der Waals surface area contributed by atoms with Crippen molar-refractivity contribution in [1.82, 2.24) is 5.32 Å². The number of methoxy groups -OCH3 is 1. The Kier molecular flexibility index (Phi) is 8.56. The molecule has 3 N–H and O–H groups in total. The highest BCUT2D eigenvalue weighted by Crippen LogP contribution is 2.03. The van der Waals surface area contributed by atoms with Gasteiger partial charge in [0.15, 0.2) is 0 Å². The van der Waals surface area contributed by atoms with Crippen LogP contribution in [0.5, 0.6) is 0 Å². The van der Waals surface area contributed by atoms with Gasteiger partial charge in [0.2, 0.25) is 11.8 Å². The van der Waals surface area contributed by atoms with E-state index in [0.717, 1.165) is 5.56 Å². The summed E-state index contributed by atoms with van der Waals surface area (Å²) in [6.45, 7) is 0.598. The number of hydrogen-bond donors (Lipinski definition) is 2. The number of nitrogens with one attached hydrogen (secondary N) is 1. The minimum atomic E-state index is -0.751. The standard InChI is InChI=1S/C16H22N2O4/c1-21-10-11-22-12-15(19)18-14(16(17)20)9-5-8-13-6-3-2-4-7-13/h2-8,14H,9-12H2,1H3,(H2,17,20)(H,18,19)/b8-5+/t14-/m0/s1. The highest BCUT2D eigenvalue weighted by molar-refractivity contribution is 5.87. The van der Waals surface area contributed by atoms with Crippen LogP contribution < -0.4 is 11.1 Å². The molecule has 22 heavy (non-hydrogen) atoms. The second-order valence-corrected chi connectivity index (χ2v) is 4.62. The van der Waals surface area contributed by atoms with E-state index in [9.17, 15) is 9.59 Å². The SMILES string of the molecule is COCCOCC(=O)N[C@@H](C/C=C/c1ccccc1)C(N)=O. The summed E-state index contributed by atoms with van der Waals surface area (Å²) in [6.07, 6.45) is 4.00. The van der Waals surface area contributed by atoms with Crippen LogP contribution in [-0.2, 0) is 19.1 Å². The summed E-state index contributed by atoms with van der Waals surface area (Å²) < 4.78 is 9.88. The van der Waals surface area contributed by atoms with Crippen molar-refractivity contribution < 1.29 is 19.1 Å². The molecule has 6 nitrogen and oxygen atoms in total. The van der Waals surface area contributed by atoms with Gasteiger partial charge in [0, 0.05) is 7.11 Å². The van der Waals surface area contributed by atoms with Crippen LogP contribution in [-0.4, -0.2) is 44.8 Å². The van der Waals surface area contributed by atoms with Gasteiger partial charge in [-0.15, -0.1) is 0 Å². The zero-order valence-electron chi connectivity index (χ0n) is 12.7. The van der Waals surface area contributed by atoms with Crippen LogP contribution >= 0.6 is 0 Å². The summed E-state index contributed by atoms with van der Waals surface area (Å²) >= 11 is 0. The van der Waals surface area contributed by atoms with Crippen molar-refractivity contribution in [2.75, 3.05) is 26.9 Å². The molecule has 0 aliphatic heterocycles. The summed E-state index contributed by atoms with van der Waals surface area (Å²) in [5, 5.41) is 2.55. The van der Waals surface area contributed by atoms with Crippen molar-refractivity contribution in [3.8, 4) is 0 Å². The quantitative estimate of drug-likeness (QED) is 0.623. The first-order valence-electron chi connectivity index (χ1n) is 7.00. The van der Waals surface area contributed by atoms with Crippen molar-refractivity contribution >= 4 is 17.9 Å². The average molecular weight is 306 g/mol. The Bertz CT molecular complexity index is 488. The number of nitrogens with two attached hydrogens (primary N) is 1. The number of benzene rings is 1. The molecule has 0 radical (unpaired) electrons. The topological polar surface area (TPSA) is 90.7 Å². The van der Waals surface area contributed by atoms with Crippen LogP contribution in [0.2, 0.25) is 0 Å². The fourth-order valence-corrected chi connectivity index (χ4v) is 1.69. The summed E-state index contributed by atoms with van der Waals surface area (Å²) in [4.78, 5) is 23.0. The Labute approximate surface area is 130 Å². The van der Waals surface area contributed by atoms with Crippen LogP contribution in [0.25, 0.3) is 6.08 Å². The van der Waals surface area contributed by atoms with E-state index in [0.29, 0.717) is 19.6 Å². The highest BCUT2D eigenvalue weighted by atomic mass is 16.5. The van der Waals surface area contributed by atoms with E-state index in [4.69, 9.17) is 15.2 Å². The Morgan fingerprint density at radius 3 is 2.64 bits per heavy atom. The fraction of sp³-hybridized carbons (Fsp3) is 0.375. The van der Waals surface area contributed by atoms with Crippen LogP contribution in [0.1, 0.15) is 12.0 Å². The first-order chi connectivity index (χ1) is 10.6. The minimum Gasteiger partial charge on any atom is -0.382 e. The Morgan fingerprint density at radius 1 is 1.27 bits per heavy atom. The van der Waals surface area contributed by atoms with E-state index in [1.54, 1.807) is 13.2 Å². The molecule has 0 bridgehead atoms. The molecule has 6 heteroatoms. The molecule has 0 saturated carbocycles. The highest BCUT2D eigenvalue weighted by Gasteiger charge is 2.16. The van der Waals surface area contributed by atoms with Crippen molar-refractivity contribution in [2.24, 2.45) is 5.73 Å². The monoisotopic (exact) mass is 306 g/mol. The van der Waals surface area contributed by atoms with Crippen LogP contribution in [0.3, 0.4) is 0 Å². The van der Waals surface area contributed by atoms with Gasteiger partial charge in [0.25, 0.3) is 0 Å².